The van der Waals surface area contributed by atoms with Crippen molar-refractivity contribution >= 4 is 12.0 Å². The number of benzene rings is 1. The lowest BCUT2D eigenvalue weighted by molar-refractivity contribution is -0.132. The van der Waals surface area contributed by atoms with Crippen LogP contribution in [0.1, 0.15) is 43.9 Å². The Morgan fingerprint density at radius 1 is 1.24 bits per heavy atom. The molecule has 0 bridgehead atoms. The van der Waals surface area contributed by atoms with Crippen LogP contribution in [0.25, 0.3) is 6.08 Å². The second-order valence-corrected chi connectivity index (χ2v) is 5.64. The fourth-order valence-electron chi connectivity index (χ4n) is 2.12. The molecule has 17 heavy (non-hydrogen) atoms. The molecule has 2 nitrogen and oxygen atoms in total. The van der Waals surface area contributed by atoms with Crippen LogP contribution in [0.15, 0.2) is 23.8 Å². The molecule has 0 heterocycles. The van der Waals surface area contributed by atoms with E-state index in [1.54, 1.807) is 0 Å². The lowest BCUT2D eigenvalue weighted by atomic mass is 9.83. The maximum Gasteiger partial charge on any atom is 0.331 e. The van der Waals surface area contributed by atoms with Crippen molar-refractivity contribution in [2.45, 2.75) is 39.0 Å². The minimum atomic E-state index is -0.795. The minimum Gasteiger partial charge on any atom is -0.478 e. The van der Waals surface area contributed by atoms with Crippen molar-refractivity contribution in [2.24, 2.45) is 0 Å². The fraction of sp³-hybridized carbons (Fsp3) is 0.400. The summed E-state index contributed by atoms with van der Waals surface area (Å²) < 4.78 is 0. The highest BCUT2D eigenvalue weighted by atomic mass is 16.4. The van der Waals surface area contributed by atoms with E-state index in [1.807, 2.05) is 6.08 Å². The van der Waals surface area contributed by atoms with Gasteiger partial charge in [-0.2, -0.15) is 0 Å². The number of aliphatic carboxylic acids is 1. The molecular weight excluding hydrogens is 212 g/mol. The second-order valence-electron chi connectivity index (χ2n) is 5.64. The average Bonchev–Trinajstić information content (AvgIpc) is 2.26. The van der Waals surface area contributed by atoms with Gasteiger partial charge in [-0.15, -0.1) is 0 Å². The molecule has 1 aromatic rings. The van der Waals surface area contributed by atoms with Gasteiger partial charge < -0.3 is 5.11 Å². The first kappa shape index (κ1) is 11.9. The maximum atomic E-state index is 11.0. The number of carboxylic acid groups (broad SMARTS) is 1. The Kier molecular flexibility index (Phi) is 2.82. The summed E-state index contributed by atoms with van der Waals surface area (Å²) in [5.74, 6) is -0.795. The number of aryl methyl sites for hydroxylation is 1. The quantitative estimate of drug-likeness (QED) is 0.802. The first-order valence-electron chi connectivity index (χ1n) is 5.95. The van der Waals surface area contributed by atoms with E-state index in [1.165, 1.54) is 11.1 Å². The summed E-state index contributed by atoms with van der Waals surface area (Å²) in [7, 11) is 0. The molecule has 2 rings (SSSR count). The molecule has 1 aromatic carbocycles. The highest BCUT2D eigenvalue weighted by Gasteiger charge is 2.19. The standard InChI is InChI=1S/C15H18O2/c1-15(2,3)13-7-6-10-4-5-11(14(16)17)8-12(10)9-13/h6-9H,4-5H2,1-3H3,(H,16,17). The minimum absolute atomic E-state index is 0.101. The van der Waals surface area contributed by atoms with Crippen molar-refractivity contribution < 1.29 is 9.90 Å². The smallest absolute Gasteiger partial charge is 0.331 e. The van der Waals surface area contributed by atoms with E-state index in [-0.39, 0.29) is 5.41 Å². The largest absolute Gasteiger partial charge is 0.478 e. The number of hydrogen-bond acceptors (Lipinski definition) is 1. The van der Waals surface area contributed by atoms with Crippen LogP contribution in [-0.4, -0.2) is 11.1 Å². The van der Waals surface area contributed by atoms with Gasteiger partial charge in [0.05, 0.1) is 0 Å². The average molecular weight is 230 g/mol. The van der Waals surface area contributed by atoms with Crippen LogP contribution in [0.2, 0.25) is 0 Å². The van der Waals surface area contributed by atoms with Crippen LogP contribution < -0.4 is 0 Å². The Morgan fingerprint density at radius 3 is 2.53 bits per heavy atom. The molecule has 1 N–H and O–H groups in total. The van der Waals surface area contributed by atoms with Crippen molar-refractivity contribution in [3.63, 3.8) is 0 Å². The first-order chi connectivity index (χ1) is 7.88. The molecule has 1 aliphatic carbocycles. The molecule has 0 saturated carbocycles. The second kappa shape index (κ2) is 4.02. The monoisotopic (exact) mass is 230 g/mol. The Morgan fingerprint density at radius 2 is 1.94 bits per heavy atom. The summed E-state index contributed by atoms with van der Waals surface area (Å²) in [6.07, 6.45) is 3.28. The highest BCUT2D eigenvalue weighted by molar-refractivity contribution is 5.93. The summed E-state index contributed by atoms with van der Waals surface area (Å²) in [6, 6.07) is 6.40. The predicted molar refractivity (Wildman–Crippen MR) is 69.1 cm³/mol. The van der Waals surface area contributed by atoms with Gasteiger partial charge in [0, 0.05) is 5.57 Å². The summed E-state index contributed by atoms with van der Waals surface area (Å²) in [6.45, 7) is 6.50. The SMILES string of the molecule is CC(C)(C)c1ccc2c(c1)C=C(C(=O)O)CC2. The van der Waals surface area contributed by atoms with Gasteiger partial charge in [0.2, 0.25) is 0 Å². The summed E-state index contributed by atoms with van der Waals surface area (Å²) in [5.41, 5.74) is 4.19. The molecule has 2 heteroatoms. The van der Waals surface area contributed by atoms with Crippen molar-refractivity contribution in [1.82, 2.24) is 0 Å². The molecular formula is C15H18O2. The summed E-state index contributed by atoms with van der Waals surface area (Å²) in [4.78, 5) is 11.0. The molecule has 1 aliphatic rings. The van der Waals surface area contributed by atoms with Crippen LogP contribution >= 0.6 is 0 Å². The van der Waals surface area contributed by atoms with E-state index >= 15 is 0 Å². The van der Waals surface area contributed by atoms with Crippen LogP contribution in [0.3, 0.4) is 0 Å². The van der Waals surface area contributed by atoms with Gasteiger partial charge >= 0.3 is 5.97 Å². The van der Waals surface area contributed by atoms with Crippen LogP contribution in [0, 0.1) is 0 Å². The van der Waals surface area contributed by atoms with Crippen molar-refractivity contribution in [3.8, 4) is 0 Å². The molecule has 0 saturated heterocycles. The van der Waals surface area contributed by atoms with Crippen molar-refractivity contribution in [1.29, 1.82) is 0 Å². The Labute approximate surface area is 102 Å². The van der Waals surface area contributed by atoms with E-state index in [0.717, 1.165) is 12.0 Å². The lowest BCUT2D eigenvalue weighted by Crippen LogP contribution is -2.13. The number of carboxylic acids is 1. The molecule has 0 radical (unpaired) electrons. The Bertz CT molecular complexity index is 490. The molecule has 0 aliphatic heterocycles. The Balaban J connectivity index is 2.46. The van der Waals surface area contributed by atoms with Gasteiger partial charge in [-0.1, -0.05) is 39.0 Å². The predicted octanol–water partition coefficient (Wildman–Crippen LogP) is 3.40. The lowest BCUT2D eigenvalue weighted by Gasteiger charge is -2.22. The van der Waals surface area contributed by atoms with Crippen LogP contribution in [0.5, 0.6) is 0 Å². The summed E-state index contributed by atoms with van der Waals surface area (Å²) >= 11 is 0. The topological polar surface area (TPSA) is 37.3 Å². The Hall–Kier alpha value is -1.57. The third-order valence-electron chi connectivity index (χ3n) is 3.28. The number of hydrogen-bond donors (Lipinski definition) is 1. The number of carbonyl (C=O) groups is 1. The van der Waals surface area contributed by atoms with Gasteiger partial charge in [-0.3, -0.25) is 0 Å². The van der Waals surface area contributed by atoms with E-state index in [9.17, 15) is 4.79 Å². The van der Waals surface area contributed by atoms with Crippen LogP contribution in [0.4, 0.5) is 0 Å². The van der Waals surface area contributed by atoms with Gasteiger partial charge in [-0.05, 0) is 41.0 Å². The van der Waals surface area contributed by atoms with Crippen LogP contribution in [-0.2, 0) is 16.6 Å². The molecule has 0 unspecified atom stereocenters. The zero-order valence-corrected chi connectivity index (χ0v) is 10.6. The molecule has 90 valence electrons. The van der Waals surface area contributed by atoms with Crippen molar-refractivity contribution in [3.05, 3.63) is 40.5 Å². The normalized spacial score (nSPS) is 15.1. The van der Waals surface area contributed by atoms with Gasteiger partial charge in [0.1, 0.15) is 0 Å². The summed E-state index contributed by atoms with van der Waals surface area (Å²) in [5, 5.41) is 9.02. The molecule has 0 atom stereocenters. The number of rotatable bonds is 1. The van der Waals surface area contributed by atoms with E-state index in [4.69, 9.17) is 5.11 Å². The molecule has 0 aromatic heterocycles. The zero-order chi connectivity index (χ0) is 12.6. The van der Waals surface area contributed by atoms with Gasteiger partial charge in [0.15, 0.2) is 0 Å². The molecule has 0 amide bonds. The van der Waals surface area contributed by atoms with Gasteiger partial charge in [0.25, 0.3) is 0 Å². The molecule has 0 fully saturated rings. The van der Waals surface area contributed by atoms with E-state index in [0.29, 0.717) is 12.0 Å². The fourth-order valence-corrected chi connectivity index (χ4v) is 2.12. The number of fused-ring (bicyclic) bond motifs is 1. The third kappa shape index (κ3) is 2.41. The first-order valence-corrected chi connectivity index (χ1v) is 5.95. The highest BCUT2D eigenvalue weighted by Crippen LogP contribution is 2.29. The third-order valence-corrected chi connectivity index (χ3v) is 3.28. The van der Waals surface area contributed by atoms with Crippen molar-refractivity contribution in [2.75, 3.05) is 0 Å². The van der Waals surface area contributed by atoms with Gasteiger partial charge in [-0.25, -0.2) is 4.79 Å². The van der Waals surface area contributed by atoms with E-state index < -0.39 is 5.97 Å². The zero-order valence-electron chi connectivity index (χ0n) is 10.6. The maximum absolute atomic E-state index is 11.0. The molecule has 0 spiro atoms. The van der Waals surface area contributed by atoms with E-state index in [2.05, 4.69) is 39.0 Å².